The molecule has 0 radical (unpaired) electrons. The molecule has 0 unspecified atom stereocenters. The molecule has 2 amide bonds. The maximum Gasteiger partial charge on any atom is 0.326 e. The van der Waals surface area contributed by atoms with Crippen LogP contribution in [-0.2, 0) is 0 Å². The Labute approximate surface area is 148 Å². The summed E-state index contributed by atoms with van der Waals surface area (Å²) in [6.45, 7) is 7.06. The SMILES string of the molecule is CCOc1ccccc1NC(=O)N1C[C@H](CC)Oc2ccc(C)cc21. The van der Waals surface area contributed by atoms with Gasteiger partial charge in [0, 0.05) is 0 Å². The van der Waals surface area contributed by atoms with E-state index >= 15 is 0 Å². The molecule has 1 heterocycles. The molecule has 0 fully saturated rings. The minimum atomic E-state index is -0.180. The largest absolute Gasteiger partial charge is 0.492 e. The smallest absolute Gasteiger partial charge is 0.326 e. The van der Waals surface area contributed by atoms with Gasteiger partial charge < -0.3 is 14.8 Å². The second-order valence-corrected chi connectivity index (χ2v) is 6.09. The van der Waals surface area contributed by atoms with Crippen molar-refractivity contribution in [1.29, 1.82) is 0 Å². The highest BCUT2D eigenvalue weighted by molar-refractivity contribution is 6.03. The second kappa shape index (κ2) is 7.47. The van der Waals surface area contributed by atoms with Gasteiger partial charge in [0.2, 0.25) is 0 Å². The van der Waals surface area contributed by atoms with Crippen LogP contribution in [0, 0.1) is 6.92 Å². The van der Waals surface area contributed by atoms with Crippen molar-refractivity contribution in [3.8, 4) is 11.5 Å². The number of benzene rings is 2. The maximum atomic E-state index is 13.0. The number of hydrogen-bond donors (Lipinski definition) is 1. The van der Waals surface area contributed by atoms with Crippen molar-refractivity contribution in [3.05, 3.63) is 48.0 Å². The number of aryl methyl sites for hydroxylation is 1. The van der Waals surface area contributed by atoms with E-state index in [1.165, 1.54) is 0 Å². The van der Waals surface area contributed by atoms with Gasteiger partial charge >= 0.3 is 6.03 Å². The lowest BCUT2D eigenvalue weighted by Crippen LogP contribution is -2.45. The maximum absolute atomic E-state index is 13.0. The van der Waals surface area contributed by atoms with Crippen molar-refractivity contribution in [1.82, 2.24) is 0 Å². The molecule has 1 atom stereocenters. The van der Waals surface area contributed by atoms with Gasteiger partial charge in [-0.25, -0.2) is 4.79 Å². The molecular formula is C20H24N2O3. The first-order valence-electron chi connectivity index (χ1n) is 8.70. The number of urea groups is 1. The van der Waals surface area contributed by atoms with E-state index in [0.717, 1.165) is 23.4 Å². The van der Waals surface area contributed by atoms with Crippen LogP contribution in [0.3, 0.4) is 0 Å². The van der Waals surface area contributed by atoms with Crippen LogP contribution in [0.25, 0.3) is 0 Å². The molecule has 0 aromatic heterocycles. The summed E-state index contributed by atoms with van der Waals surface area (Å²) in [5.74, 6) is 1.42. The molecule has 3 rings (SSSR count). The second-order valence-electron chi connectivity index (χ2n) is 6.09. The molecule has 1 aliphatic rings. The van der Waals surface area contributed by atoms with Gasteiger partial charge in [0.1, 0.15) is 17.6 Å². The Morgan fingerprint density at radius 2 is 2.08 bits per heavy atom. The lowest BCUT2D eigenvalue weighted by Gasteiger charge is -2.34. The Bertz CT molecular complexity index is 760. The lowest BCUT2D eigenvalue weighted by molar-refractivity contribution is 0.188. The molecule has 1 aliphatic heterocycles. The highest BCUT2D eigenvalue weighted by atomic mass is 16.5. The molecule has 0 bridgehead atoms. The van der Waals surface area contributed by atoms with Crippen LogP contribution < -0.4 is 19.7 Å². The number of nitrogens with one attached hydrogen (secondary N) is 1. The number of anilines is 2. The quantitative estimate of drug-likeness (QED) is 0.885. The topological polar surface area (TPSA) is 50.8 Å². The summed E-state index contributed by atoms with van der Waals surface area (Å²) in [6, 6.07) is 13.2. The molecule has 0 saturated heterocycles. The first-order valence-corrected chi connectivity index (χ1v) is 8.70. The normalized spacial score (nSPS) is 16.0. The van der Waals surface area contributed by atoms with Crippen molar-refractivity contribution in [3.63, 3.8) is 0 Å². The van der Waals surface area contributed by atoms with Crippen molar-refractivity contribution in [2.45, 2.75) is 33.3 Å². The number of hydrogen-bond acceptors (Lipinski definition) is 3. The molecular weight excluding hydrogens is 316 g/mol. The number of amides is 2. The van der Waals surface area contributed by atoms with Gasteiger partial charge in [0.05, 0.1) is 24.5 Å². The zero-order valence-corrected chi connectivity index (χ0v) is 14.9. The van der Waals surface area contributed by atoms with Crippen molar-refractivity contribution >= 4 is 17.4 Å². The van der Waals surface area contributed by atoms with Gasteiger partial charge in [-0.3, -0.25) is 4.90 Å². The molecule has 2 aromatic rings. The average molecular weight is 340 g/mol. The van der Waals surface area contributed by atoms with Crippen LogP contribution >= 0.6 is 0 Å². The van der Waals surface area contributed by atoms with Gasteiger partial charge in [0.25, 0.3) is 0 Å². The zero-order valence-electron chi connectivity index (χ0n) is 14.9. The van der Waals surface area contributed by atoms with Crippen molar-refractivity contribution < 1.29 is 14.3 Å². The lowest BCUT2D eigenvalue weighted by atomic mass is 10.1. The molecule has 0 aliphatic carbocycles. The standard InChI is InChI=1S/C20H24N2O3/c1-4-15-13-22(17-12-14(3)10-11-19(17)25-15)20(23)21-16-8-6-7-9-18(16)24-5-2/h6-12,15H,4-5,13H2,1-3H3,(H,21,23)/t15-/m0/s1. The van der Waals surface area contributed by atoms with Gasteiger partial charge in [-0.15, -0.1) is 0 Å². The Morgan fingerprint density at radius 1 is 1.28 bits per heavy atom. The molecule has 1 N–H and O–H groups in total. The predicted octanol–water partition coefficient (Wildman–Crippen LogP) is 4.60. The molecule has 132 valence electrons. The Hall–Kier alpha value is -2.69. The van der Waals surface area contributed by atoms with Gasteiger partial charge in [-0.1, -0.05) is 25.1 Å². The Morgan fingerprint density at radius 3 is 2.84 bits per heavy atom. The summed E-state index contributed by atoms with van der Waals surface area (Å²) in [5.41, 5.74) is 2.56. The predicted molar refractivity (Wildman–Crippen MR) is 99.9 cm³/mol. The summed E-state index contributed by atoms with van der Waals surface area (Å²) in [5, 5.41) is 2.98. The highest BCUT2D eigenvalue weighted by Crippen LogP contribution is 2.35. The fourth-order valence-corrected chi connectivity index (χ4v) is 2.90. The van der Waals surface area contributed by atoms with E-state index in [1.807, 2.05) is 56.3 Å². The molecule has 25 heavy (non-hydrogen) atoms. The number of fused-ring (bicyclic) bond motifs is 1. The van der Waals surface area contributed by atoms with Crippen LogP contribution in [0.4, 0.5) is 16.2 Å². The summed E-state index contributed by atoms with van der Waals surface area (Å²) in [6.07, 6.45) is 0.829. The number of nitrogens with zero attached hydrogens (tertiary/aromatic N) is 1. The molecule has 2 aromatic carbocycles. The van der Waals surface area contributed by atoms with Crippen LogP contribution in [0.15, 0.2) is 42.5 Å². The molecule has 5 nitrogen and oxygen atoms in total. The van der Waals surface area contributed by atoms with E-state index in [-0.39, 0.29) is 12.1 Å². The fraction of sp³-hybridized carbons (Fsp3) is 0.350. The van der Waals surface area contributed by atoms with E-state index in [9.17, 15) is 4.79 Å². The monoisotopic (exact) mass is 340 g/mol. The first-order chi connectivity index (χ1) is 12.1. The van der Waals surface area contributed by atoms with Crippen molar-refractivity contribution in [2.24, 2.45) is 0 Å². The van der Waals surface area contributed by atoms with E-state index in [1.54, 1.807) is 4.90 Å². The van der Waals surface area contributed by atoms with E-state index in [2.05, 4.69) is 12.2 Å². The van der Waals surface area contributed by atoms with Gasteiger partial charge in [0.15, 0.2) is 0 Å². The first kappa shape index (κ1) is 17.1. The zero-order chi connectivity index (χ0) is 17.8. The number of ether oxygens (including phenoxy) is 2. The summed E-state index contributed by atoms with van der Waals surface area (Å²) >= 11 is 0. The van der Waals surface area contributed by atoms with E-state index in [4.69, 9.17) is 9.47 Å². The fourth-order valence-electron chi connectivity index (χ4n) is 2.90. The van der Waals surface area contributed by atoms with Crippen LogP contribution in [-0.4, -0.2) is 25.3 Å². The number of para-hydroxylation sites is 2. The average Bonchev–Trinajstić information content (AvgIpc) is 2.62. The summed E-state index contributed by atoms with van der Waals surface area (Å²) in [4.78, 5) is 14.7. The number of rotatable bonds is 4. The molecule has 5 heteroatoms. The molecule has 0 saturated carbocycles. The third-order valence-electron chi connectivity index (χ3n) is 4.21. The van der Waals surface area contributed by atoms with Gasteiger partial charge in [-0.2, -0.15) is 0 Å². The van der Waals surface area contributed by atoms with Crippen LogP contribution in [0.5, 0.6) is 11.5 Å². The third kappa shape index (κ3) is 3.71. The number of carbonyl (C=O) groups is 1. The van der Waals surface area contributed by atoms with Crippen LogP contribution in [0.2, 0.25) is 0 Å². The summed E-state index contributed by atoms with van der Waals surface area (Å²) < 4.78 is 11.6. The van der Waals surface area contributed by atoms with Gasteiger partial charge in [-0.05, 0) is 50.1 Å². The minimum absolute atomic E-state index is 0.0110. The minimum Gasteiger partial charge on any atom is -0.492 e. The van der Waals surface area contributed by atoms with E-state index in [0.29, 0.717) is 24.6 Å². The van der Waals surface area contributed by atoms with Crippen LogP contribution in [0.1, 0.15) is 25.8 Å². The molecule has 0 spiro atoms. The van der Waals surface area contributed by atoms with Crippen molar-refractivity contribution in [2.75, 3.05) is 23.4 Å². The Kier molecular flexibility index (Phi) is 5.12. The Balaban J connectivity index is 1.88. The third-order valence-corrected chi connectivity index (χ3v) is 4.21. The van der Waals surface area contributed by atoms with E-state index < -0.39 is 0 Å². The number of carbonyl (C=O) groups excluding carboxylic acids is 1. The summed E-state index contributed by atoms with van der Waals surface area (Å²) in [7, 11) is 0. The highest BCUT2D eigenvalue weighted by Gasteiger charge is 2.29.